The van der Waals surface area contributed by atoms with Gasteiger partial charge < -0.3 is 4.42 Å². The lowest BCUT2D eigenvalue weighted by atomic mass is 10.2. The minimum atomic E-state index is 0.573. The number of benzene rings is 1. The molecule has 0 radical (unpaired) electrons. The van der Waals surface area contributed by atoms with Crippen molar-refractivity contribution in [2.45, 2.75) is 6.92 Å². The quantitative estimate of drug-likeness (QED) is 0.745. The van der Waals surface area contributed by atoms with Crippen LogP contribution in [0.3, 0.4) is 0 Å². The first kappa shape index (κ1) is 9.98. The lowest BCUT2D eigenvalue weighted by Gasteiger charge is -1.99. The van der Waals surface area contributed by atoms with Gasteiger partial charge in [-0.15, -0.1) is 0 Å². The van der Waals surface area contributed by atoms with Gasteiger partial charge in [-0.1, -0.05) is 11.6 Å². The van der Waals surface area contributed by atoms with Crippen LogP contribution in [0.15, 0.2) is 28.8 Å². The highest BCUT2D eigenvalue weighted by molar-refractivity contribution is 14.1. The first-order chi connectivity index (χ1) is 6.66. The van der Waals surface area contributed by atoms with Crippen LogP contribution in [0.1, 0.15) is 5.76 Å². The van der Waals surface area contributed by atoms with Gasteiger partial charge in [0.25, 0.3) is 0 Å². The fraction of sp³-hybridized carbons (Fsp3) is 0.100. The Hall–Kier alpha value is -0.550. The third kappa shape index (κ3) is 1.93. The molecule has 1 heterocycles. The molecule has 72 valence electrons. The molecule has 0 saturated carbocycles. The molecule has 1 aromatic carbocycles. The Bertz CT molecular complexity index is 467. The van der Waals surface area contributed by atoms with Crippen molar-refractivity contribution in [3.8, 4) is 11.5 Å². The van der Waals surface area contributed by atoms with E-state index in [1.54, 1.807) is 6.20 Å². The van der Waals surface area contributed by atoms with Crippen LogP contribution >= 0.6 is 34.2 Å². The first-order valence-electron chi connectivity index (χ1n) is 4.04. The molecule has 0 N–H and O–H groups in total. The van der Waals surface area contributed by atoms with Gasteiger partial charge in [-0.05, 0) is 47.7 Å². The van der Waals surface area contributed by atoms with Crippen molar-refractivity contribution in [1.29, 1.82) is 0 Å². The number of halogens is 2. The van der Waals surface area contributed by atoms with Gasteiger partial charge in [0.15, 0.2) is 0 Å². The van der Waals surface area contributed by atoms with Crippen molar-refractivity contribution in [2.24, 2.45) is 0 Å². The standard InChI is InChI=1S/C10H7ClINO/c1-6-5-13-10(14-6)8-3-2-7(12)4-9(8)11/h2-5H,1H3. The Labute approximate surface area is 100 Å². The molecule has 2 rings (SSSR count). The van der Waals surface area contributed by atoms with E-state index in [-0.39, 0.29) is 0 Å². The summed E-state index contributed by atoms with van der Waals surface area (Å²) in [4.78, 5) is 4.12. The van der Waals surface area contributed by atoms with Crippen molar-refractivity contribution in [1.82, 2.24) is 4.98 Å². The van der Waals surface area contributed by atoms with Crippen LogP contribution in [0, 0.1) is 10.5 Å². The molecule has 2 nitrogen and oxygen atoms in total. The highest BCUT2D eigenvalue weighted by Gasteiger charge is 2.08. The smallest absolute Gasteiger partial charge is 0.227 e. The molecule has 14 heavy (non-hydrogen) atoms. The zero-order valence-corrected chi connectivity index (χ0v) is 10.3. The Balaban J connectivity index is 2.52. The molecule has 4 heteroatoms. The van der Waals surface area contributed by atoms with Crippen LogP contribution in [0.2, 0.25) is 5.02 Å². The largest absolute Gasteiger partial charge is 0.441 e. The zero-order valence-electron chi connectivity index (χ0n) is 7.42. The molecule has 0 aliphatic rings. The van der Waals surface area contributed by atoms with Crippen LogP contribution in [0.4, 0.5) is 0 Å². The summed E-state index contributed by atoms with van der Waals surface area (Å²) in [6.45, 7) is 1.86. The van der Waals surface area contributed by atoms with Gasteiger partial charge in [-0.25, -0.2) is 4.98 Å². The number of hydrogen-bond donors (Lipinski definition) is 0. The van der Waals surface area contributed by atoms with Crippen LogP contribution in [0.5, 0.6) is 0 Å². The van der Waals surface area contributed by atoms with Crippen LogP contribution in [-0.4, -0.2) is 4.98 Å². The minimum absolute atomic E-state index is 0.573. The number of rotatable bonds is 1. The average molecular weight is 320 g/mol. The molecule has 0 saturated heterocycles. The predicted octanol–water partition coefficient (Wildman–Crippen LogP) is 3.91. The fourth-order valence-corrected chi connectivity index (χ4v) is 2.08. The average Bonchev–Trinajstić information content (AvgIpc) is 2.51. The Kier molecular flexibility index (Phi) is 2.78. The van der Waals surface area contributed by atoms with E-state index in [4.69, 9.17) is 16.0 Å². The monoisotopic (exact) mass is 319 g/mol. The summed E-state index contributed by atoms with van der Waals surface area (Å²) >= 11 is 8.28. The molecule has 0 unspecified atom stereocenters. The van der Waals surface area contributed by atoms with Gasteiger partial charge >= 0.3 is 0 Å². The number of aromatic nitrogens is 1. The summed E-state index contributed by atoms with van der Waals surface area (Å²) in [7, 11) is 0. The van der Waals surface area contributed by atoms with Crippen LogP contribution in [0.25, 0.3) is 11.5 Å². The Morgan fingerprint density at radius 3 is 2.79 bits per heavy atom. The van der Waals surface area contributed by atoms with E-state index in [1.807, 2.05) is 25.1 Å². The second kappa shape index (κ2) is 3.90. The van der Waals surface area contributed by atoms with Gasteiger partial charge in [-0.2, -0.15) is 0 Å². The van der Waals surface area contributed by atoms with E-state index < -0.39 is 0 Å². The van der Waals surface area contributed by atoms with E-state index in [0.717, 1.165) is 14.9 Å². The number of aryl methyl sites for hydroxylation is 1. The van der Waals surface area contributed by atoms with E-state index >= 15 is 0 Å². The highest BCUT2D eigenvalue weighted by atomic mass is 127. The topological polar surface area (TPSA) is 26.0 Å². The predicted molar refractivity (Wildman–Crippen MR) is 64.4 cm³/mol. The molecule has 0 amide bonds. The Morgan fingerprint density at radius 1 is 1.43 bits per heavy atom. The fourth-order valence-electron chi connectivity index (χ4n) is 1.14. The van der Waals surface area contributed by atoms with E-state index in [2.05, 4.69) is 27.6 Å². The summed E-state index contributed by atoms with van der Waals surface area (Å²) in [5.74, 6) is 1.36. The lowest BCUT2D eigenvalue weighted by molar-refractivity contribution is 0.542. The molecule has 0 aliphatic carbocycles. The van der Waals surface area contributed by atoms with E-state index in [9.17, 15) is 0 Å². The molecule has 0 fully saturated rings. The van der Waals surface area contributed by atoms with Crippen molar-refractivity contribution < 1.29 is 4.42 Å². The summed E-state index contributed by atoms with van der Waals surface area (Å²) in [6.07, 6.45) is 1.68. The van der Waals surface area contributed by atoms with Gasteiger partial charge in [0.2, 0.25) is 5.89 Å². The maximum atomic E-state index is 6.07. The third-order valence-electron chi connectivity index (χ3n) is 1.78. The van der Waals surface area contributed by atoms with Gasteiger partial charge in [0.05, 0.1) is 16.8 Å². The van der Waals surface area contributed by atoms with Crippen molar-refractivity contribution in [3.05, 3.63) is 38.7 Å². The SMILES string of the molecule is Cc1cnc(-c2ccc(I)cc2Cl)o1. The molecule has 0 atom stereocenters. The number of oxazole rings is 1. The third-order valence-corrected chi connectivity index (χ3v) is 2.77. The molecule has 1 aromatic heterocycles. The summed E-state index contributed by atoms with van der Waals surface area (Å²) in [5, 5.41) is 0.666. The highest BCUT2D eigenvalue weighted by Crippen LogP contribution is 2.28. The Morgan fingerprint density at radius 2 is 2.21 bits per heavy atom. The van der Waals surface area contributed by atoms with E-state index in [1.165, 1.54) is 0 Å². The number of nitrogens with zero attached hydrogens (tertiary/aromatic N) is 1. The lowest BCUT2D eigenvalue weighted by Crippen LogP contribution is -1.80. The molecular weight excluding hydrogens is 312 g/mol. The normalized spacial score (nSPS) is 10.5. The van der Waals surface area contributed by atoms with Crippen molar-refractivity contribution in [2.75, 3.05) is 0 Å². The molecule has 2 aromatic rings. The summed E-state index contributed by atoms with van der Waals surface area (Å²) in [5.41, 5.74) is 0.834. The van der Waals surface area contributed by atoms with Crippen LogP contribution in [-0.2, 0) is 0 Å². The first-order valence-corrected chi connectivity index (χ1v) is 5.50. The van der Waals surface area contributed by atoms with E-state index in [0.29, 0.717) is 10.9 Å². The molecule has 0 aliphatic heterocycles. The summed E-state index contributed by atoms with van der Waals surface area (Å²) < 4.78 is 6.49. The summed E-state index contributed by atoms with van der Waals surface area (Å²) in [6, 6.07) is 5.77. The second-order valence-corrected chi connectivity index (χ2v) is 4.55. The van der Waals surface area contributed by atoms with Crippen molar-refractivity contribution in [3.63, 3.8) is 0 Å². The maximum Gasteiger partial charge on any atom is 0.227 e. The second-order valence-electron chi connectivity index (χ2n) is 2.90. The molecular formula is C10H7ClINO. The zero-order chi connectivity index (χ0) is 10.1. The van der Waals surface area contributed by atoms with Gasteiger partial charge in [-0.3, -0.25) is 0 Å². The molecule has 0 bridgehead atoms. The maximum absolute atomic E-state index is 6.07. The van der Waals surface area contributed by atoms with Gasteiger partial charge in [0, 0.05) is 3.57 Å². The molecule has 0 spiro atoms. The van der Waals surface area contributed by atoms with Crippen molar-refractivity contribution >= 4 is 34.2 Å². The minimum Gasteiger partial charge on any atom is -0.441 e. The van der Waals surface area contributed by atoms with Gasteiger partial charge in [0.1, 0.15) is 5.76 Å². The van der Waals surface area contributed by atoms with Crippen LogP contribution < -0.4 is 0 Å². The number of hydrogen-bond acceptors (Lipinski definition) is 2.